The Morgan fingerprint density at radius 2 is 2.04 bits per heavy atom. The zero-order valence-electron chi connectivity index (χ0n) is 12.6. The van der Waals surface area contributed by atoms with Crippen LogP contribution in [0.5, 0.6) is 0 Å². The molecule has 0 fully saturated rings. The van der Waals surface area contributed by atoms with Crippen LogP contribution in [-0.2, 0) is 0 Å². The topological polar surface area (TPSA) is 83.0 Å². The van der Waals surface area contributed by atoms with E-state index in [-0.39, 0.29) is 11.5 Å². The molecule has 3 rings (SSSR count). The molecule has 6 nitrogen and oxygen atoms in total. The number of fused-ring (bicyclic) bond motifs is 1. The van der Waals surface area contributed by atoms with Crippen LogP contribution < -0.4 is 11.0 Å². The number of aromatic nitrogens is 3. The fraction of sp³-hybridized carbons (Fsp3) is 0.125. The highest BCUT2D eigenvalue weighted by molar-refractivity contribution is 6.32. The summed E-state index contributed by atoms with van der Waals surface area (Å²) in [6.45, 7) is 3.74. The molecule has 3 aromatic rings. The Balaban J connectivity index is 1.87. The van der Waals surface area contributed by atoms with Crippen LogP contribution in [0.15, 0.2) is 40.2 Å². The number of benzene rings is 1. The summed E-state index contributed by atoms with van der Waals surface area (Å²) in [5.74, 6) is 0.270. The molecule has 0 radical (unpaired) electrons. The van der Waals surface area contributed by atoms with E-state index in [1.54, 1.807) is 6.92 Å². The van der Waals surface area contributed by atoms with Crippen LogP contribution in [-0.4, -0.2) is 21.2 Å². The predicted molar refractivity (Wildman–Crippen MR) is 92.3 cm³/mol. The van der Waals surface area contributed by atoms with Crippen molar-refractivity contribution in [1.29, 1.82) is 0 Å². The van der Waals surface area contributed by atoms with E-state index in [1.807, 2.05) is 31.2 Å². The number of anilines is 1. The van der Waals surface area contributed by atoms with Crippen LogP contribution in [0.2, 0.25) is 5.15 Å². The Morgan fingerprint density at radius 1 is 1.22 bits per heavy atom. The summed E-state index contributed by atoms with van der Waals surface area (Å²) < 4.78 is 0. The molecule has 0 unspecified atom stereocenters. The number of rotatable bonds is 3. The molecule has 23 heavy (non-hydrogen) atoms. The van der Waals surface area contributed by atoms with E-state index in [0.29, 0.717) is 16.4 Å². The maximum absolute atomic E-state index is 11.4. The lowest BCUT2D eigenvalue weighted by Crippen LogP contribution is -2.10. The van der Waals surface area contributed by atoms with Gasteiger partial charge in [0, 0.05) is 22.7 Å². The minimum Gasteiger partial charge on any atom is -0.291 e. The van der Waals surface area contributed by atoms with Crippen LogP contribution in [0.4, 0.5) is 5.95 Å². The Morgan fingerprint density at radius 3 is 2.83 bits per heavy atom. The number of hydrogen-bond donors (Lipinski definition) is 2. The first-order valence-electron chi connectivity index (χ1n) is 6.95. The highest BCUT2D eigenvalue weighted by Crippen LogP contribution is 2.20. The minimum atomic E-state index is -0.240. The second kappa shape index (κ2) is 6.18. The molecule has 2 N–H and O–H groups in total. The second-order valence-corrected chi connectivity index (χ2v) is 5.53. The van der Waals surface area contributed by atoms with E-state index in [9.17, 15) is 4.79 Å². The van der Waals surface area contributed by atoms with E-state index in [1.165, 1.54) is 12.3 Å². The van der Waals surface area contributed by atoms with Gasteiger partial charge < -0.3 is 0 Å². The average Bonchev–Trinajstić information content (AvgIpc) is 2.47. The van der Waals surface area contributed by atoms with Gasteiger partial charge in [0.05, 0.1) is 11.7 Å². The van der Waals surface area contributed by atoms with Gasteiger partial charge in [0.15, 0.2) is 0 Å². The van der Waals surface area contributed by atoms with E-state index in [0.717, 1.165) is 16.5 Å². The molecule has 0 saturated carbocycles. The van der Waals surface area contributed by atoms with E-state index < -0.39 is 0 Å². The molecule has 0 aliphatic heterocycles. The lowest BCUT2D eigenvalue weighted by Gasteiger charge is -2.03. The largest absolute Gasteiger partial charge is 0.291 e. The number of pyridine rings is 1. The third-order valence-corrected chi connectivity index (χ3v) is 3.50. The lowest BCUT2D eigenvalue weighted by molar-refractivity contribution is 1.04. The molecule has 7 heteroatoms. The molecule has 0 bridgehead atoms. The molecule has 0 amide bonds. The van der Waals surface area contributed by atoms with Crippen LogP contribution in [0, 0.1) is 13.8 Å². The minimum absolute atomic E-state index is 0.240. The number of hydrazone groups is 1. The molecule has 0 aliphatic rings. The summed E-state index contributed by atoms with van der Waals surface area (Å²) in [5.41, 5.74) is 5.67. The fourth-order valence-corrected chi connectivity index (χ4v) is 2.35. The van der Waals surface area contributed by atoms with Gasteiger partial charge in [0.1, 0.15) is 5.15 Å². The summed E-state index contributed by atoms with van der Waals surface area (Å²) in [6, 6.07) is 9.28. The van der Waals surface area contributed by atoms with Crippen molar-refractivity contribution in [3.05, 3.63) is 62.7 Å². The van der Waals surface area contributed by atoms with E-state index in [4.69, 9.17) is 11.6 Å². The number of hydrogen-bond acceptors (Lipinski definition) is 5. The number of aromatic amines is 1. The molecular weight excluding hydrogens is 314 g/mol. The van der Waals surface area contributed by atoms with Crippen molar-refractivity contribution < 1.29 is 0 Å². The van der Waals surface area contributed by atoms with Gasteiger partial charge >= 0.3 is 0 Å². The monoisotopic (exact) mass is 327 g/mol. The molecule has 0 atom stereocenters. The Kier molecular flexibility index (Phi) is 4.08. The molecule has 0 spiro atoms. The van der Waals surface area contributed by atoms with Crippen LogP contribution >= 0.6 is 11.6 Å². The maximum Gasteiger partial charge on any atom is 0.252 e. The zero-order valence-corrected chi connectivity index (χ0v) is 13.3. The molecule has 2 aromatic heterocycles. The highest BCUT2D eigenvalue weighted by atomic mass is 35.5. The van der Waals surface area contributed by atoms with Crippen molar-refractivity contribution in [2.24, 2.45) is 5.10 Å². The highest BCUT2D eigenvalue weighted by Gasteiger charge is 2.03. The lowest BCUT2D eigenvalue weighted by atomic mass is 10.1. The third-order valence-electron chi connectivity index (χ3n) is 3.20. The Hall–Kier alpha value is -2.73. The van der Waals surface area contributed by atoms with Crippen molar-refractivity contribution in [3.8, 4) is 0 Å². The number of nitrogens with one attached hydrogen (secondary N) is 2. The van der Waals surface area contributed by atoms with Gasteiger partial charge in [-0.1, -0.05) is 23.7 Å². The number of nitrogens with zero attached hydrogens (tertiary/aromatic N) is 3. The predicted octanol–water partition coefficient (Wildman–Crippen LogP) is 3.03. The van der Waals surface area contributed by atoms with Crippen molar-refractivity contribution in [1.82, 2.24) is 15.0 Å². The Labute approximate surface area is 137 Å². The van der Waals surface area contributed by atoms with Crippen molar-refractivity contribution in [3.63, 3.8) is 0 Å². The van der Waals surface area contributed by atoms with Gasteiger partial charge in [-0.05, 0) is 31.5 Å². The van der Waals surface area contributed by atoms with Gasteiger partial charge in [-0.25, -0.2) is 15.4 Å². The number of aryl methyl sites for hydroxylation is 2. The molecule has 0 saturated heterocycles. The normalized spacial score (nSPS) is 11.3. The van der Waals surface area contributed by atoms with Gasteiger partial charge in [0.2, 0.25) is 5.95 Å². The molecule has 1 aromatic carbocycles. The SMILES string of the molecule is Cc1ccc2cc(/C=N\Nc3nc(C)cc(=O)[nH]3)c(Cl)nc2c1. The first-order chi connectivity index (χ1) is 11.0. The first-order valence-corrected chi connectivity index (χ1v) is 7.33. The molecular formula is C16H14ClN5O. The summed E-state index contributed by atoms with van der Waals surface area (Å²) in [5, 5.41) is 5.38. The standard InChI is InChI=1S/C16H14ClN5O/c1-9-3-4-11-7-12(15(17)20-13(11)5-9)8-18-22-16-19-10(2)6-14(23)21-16/h3-8H,1-2H3,(H2,19,21,22,23)/b18-8-. The van der Waals surface area contributed by atoms with Crippen molar-refractivity contribution in [2.45, 2.75) is 13.8 Å². The van der Waals surface area contributed by atoms with Crippen molar-refractivity contribution in [2.75, 3.05) is 5.43 Å². The fourth-order valence-electron chi connectivity index (χ4n) is 2.16. The third kappa shape index (κ3) is 3.54. The van der Waals surface area contributed by atoms with Gasteiger partial charge in [-0.3, -0.25) is 9.78 Å². The molecule has 0 aliphatic carbocycles. The van der Waals surface area contributed by atoms with Crippen molar-refractivity contribution >= 4 is 34.7 Å². The van der Waals surface area contributed by atoms with E-state index >= 15 is 0 Å². The average molecular weight is 328 g/mol. The smallest absolute Gasteiger partial charge is 0.252 e. The van der Waals surface area contributed by atoms with Crippen LogP contribution in [0.1, 0.15) is 16.8 Å². The number of H-pyrrole nitrogens is 1. The van der Waals surface area contributed by atoms with Gasteiger partial charge in [-0.2, -0.15) is 5.10 Å². The zero-order chi connectivity index (χ0) is 16.4. The summed E-state index contributed by atoms with van der Waals surface area (Å²) in [6.07, 6.45) is 1.54. The Bertz CT molecular complexity index is 964. The van der Waals surface area contributed by atoms with Crippen LogP contribution in [0.25, 0.3) is 10.9 Å². The van der Waals surface area contributed by atoms with Crippen LogP contribution in [0.3, 0.4) is 0 Å². The van der Waals surface area contributed by atoms with E-state index in [2.05, 4.69) is 25.5 Å². The van der Waals surface area contributed by atoms with Gasteiger partial charge in [0.25, 0.3) is 5.56 Å². The molecule has 116 valence electrons. The molecule has 2 heterocycles. The summed E-state index contributed by atoms with van der Waals surface area (Å²) >= 11 is 6.18. The number of halogens is 1. The maximum atomic E-state index is 11.4. The van der Waals surface area contributed by atoms with Gasteiger partial charge in [-0.15, -0.1) is 0 Å². The quantitative estimate of drug-likeness (QED) is 0.440. The first kappa shape index (κ1) is 15.2. The summed E-state index contributed by atoms with van der Waals surface area (Å²) in [4.78, 5) is 22.4. The second-order valence-electron chi connectivity index (χ2n) is 5.17. The summed E-state index contributed by atoms with van der Waals surface area (Å²) in [7, 11) is 0.